The molecule has 0 saturated carbocycles. The zero-order valence-electron chi connectivity index (χ0n) is 15.4. The molecule has 23 heavy (non-hydrogen) atoms. The molecule has 4 nitrogen and oxygen atoms in total. The number of nitrogens with zero attached hydrogens (tertiary/aromatic N) is 2. The van der Waals surface area contributed by atoms with E-state index < -0.39 is 0 Å². The average molecular weight is 315 g/mol. The molecule has 1 amide bonds. The highest BCUT2D eigenvalue weighted by Crippen LogP contribution is 2.27. The highest BCUT2D eigenvalue weighted by molar-refractivity contribution is 5.95. The number of nitrogens with one attached hydrogen (secondary N) is 1. The molecule has 2 heterocycles. The van der Waals surface area contributed by atoms with Crippen molar-refractivity contribution in [2.75, 3.05) is 0 Å². The average Bonchev–Trinajstić information content (AvgIpc) is 2.72. The van der Waals surface area contributed by atoms with Crippen molar-refractivity contribution < 1.29 is 4.79 Å². The Labute approximate surface area is 139 Å². The van der Waals surface area contributed by atoms with Crippen molar-refractivity contribution >= 4 is 11.6 Å². The van der Waals surface area contributed by atoms with E-state index in [1.807, 2.05) is 36.6 Å². The van der Waals surface area contributed by atoms with E-state index in [4.69, 9.17) is 0 Å². The molecule has 0 aliphatic carbocycles. The summed E-state index contributed by atoms with van der Waals surface area (Å²) in [6, 6.07) is 3.98. The lowest BCUT2D eigenvalue weighted by atomic mass is 9.82. The number of carbonyl (C=O) groups excluding carboxylic acids is 1. The summed E-state index contributed by atoms with van der Waals surface area (Å²) in [5.41, 5.74) is 3.33. The van der Waals surface area contributed by atoms with Gasteiger partial charge in [-0.2, -0.15) is 0 Å². The lowest BCUT2D eigenvalue weighted by Gasteiger charge is -2.33. The van der Waals surface area contributed by atoms with Crippen LogP contribution in [0.3, 0.4) is 0 Å². The molecule has 0 radical (unpaired) electrons. The second-order valence-corrected chi connectivity index (χ2v) is 8.27. The monoisotopic (exact) mass is 315 g/mol. The minimum absolute atomic E-state index is 0.0470. The molecule has 0 saturated heterocycles. The van der Waals surface area contributed by atoms with Crippen LogP contribution in [0.5, 0.6) is 0 Å². The number of hydrogen-bond acceptors (Lipinski definition) is 2. The van der Waals surface area contributed by atoms with Crippen molar-refractivity contribution in [2.45, 2.75) is 66.8 Å². The molecule has 1 N–H and O–H groups in total. The predicted molar refractivity (Wildman–Crippen MR) is 94.9 cm³/mol. The summed E-state index contributed by atoms with van der Waals surface area (Å²) in [6.45, 7) is 14.8. The van der Waals surface area contributed by atoms with E-state index in [2.05, 4.69) is 44.9 Å². The number of aromatic nitrogens is 2. The van der Waals surface area contributed by atoms with E-state index >= 15 is 0 Å². The Kier molecular flexibility index (Phi) is 4.56. The number of amides is 1. The van der Waals surface area contributed by atoms with Gasteiger partial charge in [-0.15, -0.1) is 0 Å². The fourth-order valence-electron chi connectivity index (χ4n) is 3.42. The fraction of sp³-hybridized carbons (Fsp3) is 0.579. The number of pyridine rings is 1. The molecular weight excluding hydrogens is 286 g/mol. The Morgan fingerprint density at radius 3 is 2.43 bits per heavy atom. The Morgan fingerprint density at radius 2 is 1.87 bits per heavy atom. The quantitative estimate of drug-likeness (QED) is 0.921. The van der Waals surface area contributed by atoms with Crippen molar-refractivity contribution in [2.24, 2.45) is 5.41 Å². The first-order valence-corrected chi connectivity index (χ1v) is 8.32. The Bertz CT molecular complexity index is 720. The van der Waals surface area contributed by atoms with E-state index in [-0.39, 0.29) is 16.9 Å². The summed E-state index contributed by atoms with van der Waals surface area (Å²) in [6.07, 6.45) is 3.62. The predicted octanol–water partition coefficient (Wildman–Crippen LogP) is 4.15. The lowest BCUT2D eigenvalue weighted by molar-refractivity contribution is 0.0884. The first-order chi connectivity index (χ1) is 10.5. The van der Waals surface area contributed by atoms with Crippen LogP contribution >= 0.6 is 0 Å². The third kappa shape index (κ3) is 4.12. The van der Waals surface area contributed by atoms with Crippen LogP contribution in [0.4, 0.5) is 0 Å². The molecule has 0 atom stereocenters. The molecule has 0 bridgehead atoms. The van der Waals surface area contributed by atoms with E-state index in [0.717, 1.165) is 29.7 Å². The normalized spacial score (nSPS) is 12.7. The van der Waals surface area contributed by atoms with Gasteiger partial charge in [-0.3, -0.25) is 9.20 Å². The Hall–Kier alpha value is -1.84. The number of aryl methyl sites for hydroxylation is 2. The Morgan fingerprint density at radius 1 is 1.22 bits per heavy atom. The van der Waals surface area contributed by atoms with Gasteiger partial charge in [0.15, 0.2) is 0 Å². The highest BCUT2D eigenvalue weighted by atomic mass is 16.2. The molecule has 0 aliphatic rings. The van der Waals surface area contributed by atoms with E-state index in [0.29, 0.717) is 5.69 Å². The molecule has 2 aromatic heterocycles. The molecule has 0 unspecified atom stereocenters. The maximum atomic E-state index is 12.9. The smallest absolute Gasteiger partial charge is 0.270 e. The largest absolute Gasteiger partial charge is 0.346 e. The standard InChI is InChI=1S/C19H29N3O/c1-8-14-16(22-11-13(2)9-10-15(22)20-14)17(23)21-19(6,7)12-18(3,4)5/h9-11H,8,12H2,1-7H3,(H,21,23). The van der Waals surface area contributed by atoms with Gasteiger partial charge in [0.1, 0.15) is 11.3 Å². The van der Waals surface area contributed by atoms with Gasteiger partial charge in [0, 0.05) is 11.7 Å². The van der Waals surface area contributed by atoms with Crippen LogP contribution in [0.15, 0.2) is 18.3 Å². The van der Waals surface area contributed by atoms with Gasteiger partial charge in [0.25, 0.3) is 5.91 Å². The van der Waals surface area contributed by atoms with E-state index in [1.54, 1.807) is 0 Å². The van der Waals surface area contributed by atoms with Gasteiger partial charge >= 0.3 is 0 Å². The van der Waals surface area contributed by atoms with Crippen molar-refractivity contribution in [1.82, 2.24) is 14.7 Å². The van der Waals surface area contributed by atoms with Gasteiger partial charge in [-0.05, 0) is 50.7 Å². The fourth-order valence-corrected chi connectivity index (χ4v) is 3.42. The summed E-state index contributed by atoms with van der Waals surface area (Å²) in [4.78, 5) is 17.5. The van der Waals surface area contributed by atoms with Crippen molar-refractivity contribution in [3.63, 3.8) is 0 Å². The summed E-state index contributed by atoms with van der Waals surface area (Å²) < 4.78 is 1.91. The van der Waals surface area contributed by atoms with Gasteiger partial charge in [-0.1, -0.05) is 33.8 Å². The van der Waals surface area contributed by atoms with Crippen LogP contribution in [-0.2, 0) is 6.42 Å². The highest BCUT2D eigenvalue weighted by Gasteiger charge is 2.29. The first-order valence-electron chi connectivity index (χ1n) is 8.32. The number of rotatable bonds is 4. The second kappa shape index (κ2) is 5.99. The zero-order chi connectivity index (χ0) is 17.4. The van der Waals surface area contributed by atoms with E-state index in [9.17, 15) is 4.79 Å². The van der Waals surface area contributed by atoms with Crippen LogP contribution in [0, 0.1) is 12.3 Å². The molecule has 4 heteroatoms. The van der Waals surface area contributed by atoms with Crippen LogP contribution in [0.2, 0.25) is 0 Å². The summed E-state index contributed by atoms with van der Waals surface area (Å²) in [5.74, 6) is -0.0470. The number of carbonyl (C=O) groups is 1. The minimum atomic E-state index is -0.270. The molecule has 0 spiro atoms. The maximum absolute atomic E-state index is 12.9. The van der Waals surface area contributed by atoms with Crippen molar-refractivity contribution in [3.8, 4) is 0 Å². The van der Waals surface area contributed by atoms with Crippen LogP contribution in [0.25, 0.3) is 5.65 Å². The minimum Gasteiger partial charge on any atom is -0.346 e. The maximum Gasteiger partial charge on any atom is 0.270 e. The van der Waals surface area contributed by atoms with Crippen LogP contribution < -0.4 is 5.32 Å². The molecule has 0 aromatic carbocycles. The van der Waals surface area contributed by atoms with Gasteiger partial charge in [0.05, 0.1) is 5.69 Å². The summed E-state index contributed by atoms with van der Waals surface area (Å²) in [7, 11) is 0. The first kappa shape index (κ1) is 17.5. The number of fused-ring (bicyclic) bond motifs is 1. The van der Waals surface area contributed by atoms with Crippen molar-refractivity contribution in [1.29, 1.82) is 0 Å². The summed E-state index contributed by atoms with van der Waals surface area (Å²) in [5, 5.41) is 3.20. The molecule has 2 aromatic rings. The lowest BCUT2D eigenvalue weighted by Crippen LogP contribution is -2.46. The second-order valence-electron chi connectivity index (χ2n) is 8.27. The molecule has 126 valence electrons. The van der Waals surface area contributed by atoms with Crippen LogP contribution in [0.1, 0.15) is 69.7 Å². The summed E-state index contributed by atoms with van der Waals surface area (Å²) >= 11 is 0. The molecular formula is C19H29N3O. The van der Waals surface area contributed by atoms with Gasteiger partial charge < -0.3 is 5.32 Å². The topological polar surface area (TPSA) is 46.4 Å². The Balaban J connectivity index is 2.39. The third-order valence-corrected chi connectivity index (χ3v) is 3.81. The SMILES string of the molecule is CCc1nc2ccc(C)cn2c1C(=O)NC(C)(C)CC(C)(C)C. The number of imidazole rings is 1. The van der Waals surface area contributed by atoms with Gasteiger partial charge in [-0.25, -0.2) is 4.98 Å². The molecule has 0 fully saturated rings. The number of hydrogen-bond donors (Lipinski definition) is 1. The van der Waals surface area contributed by atoms with E-state index in [1.165, 1.54) is 0 Å². The van der Waals surface area contributed by atoms with Crippen LogP contribution in [-0.4, -0.2) is 20.8 Å². The third-order valence-electron chi connectivity index (χ3n) is 3.81. The molecule has 2 rings (SSSR count). The van der Waals surface area contributed by atoms with Gasteiger partial charge in [0.2, 0.25) is 0 Å². The zero-order valence-corrected chi connectivity index (χ0v) is 15.4. The van der Waals surface area contributed by atoms with Crippen molar-refractivity contribution in [3.05, 3.63) is 35.3 Å². The molecule has 0 aliphatic heterocycles.